The molecule has 152 valence electrons. The van der Waals surface area contributed by atoms with Crippen molar-refractivity contribution in [2.24, 2.45) is 0 Å². The molecule has 0 atom stereocenters. The summed E-state index contributed by atoms with van der Waals surface area (Å²) in [6.45, 7) is 5.49. The lowest BCUT2D eigenvalue weighted by molar-refractivity contribution is -0.426. The zero-order valence-electron chi connectivity index (χ0n) is 16.3. The van der Waals surface area contributed by atoms with Crippen LogP contribution in [0.25, 0.3) is 0 Å². The van der Waals surface area contributed by atoms with Gasteiger partial charge in [0.15, 0.2) is 0 Å². The summed E-state index contributed by atoms with van der Waals surface area (Å²) < 4.78 is 0. The Morgan fingerprint density at radius 1 is 0.724 bits per heavy atom. The van der Waals surface area contributed by atoms with E-state index in [2.05, 4.69) is 0 Å². The summed E-state index contributed by atoms with van der Waals surface area (Å²) in [5, 5.41) is 30.4. The number of rotatable bonds is 3. The van der Waals surface area contributed by atoms with Crippen LogP contribution in [0.3, 0.4) is 0 Å². The molecule has 2 aromatic rings. The Balaban J connectivity index is 0.000000218. The molecule has 0 saturated heterocycles. The van der Waals surface area contributed by atoms with Crippen LogP contribution < -0.4 is 0 Å². The highest BCUT2D eigenvalue weighted by atomic mass is 16.6. The number of nitro groups is 3. The molecule has 9 nitrogen and oxygen atoms in total. The van der Waals surface area contributed by atoms with E-state index in [-0.39, 0.29) is 21.2 Å². The maximum Gasteiger partial charge on any atom is 0.272 e. The van der Waals surface area contributed by atoms with Gasteiger partial charge in [-0.2, -0.15) is 0 Å². The molecule has 0 aliphatic heterocycles. The highest BCUT2D eigenvalue weighted by Gasteiger charge is 2.14. The second kappa shape index (κ2) is 11.1. The normalized spacial score (nSPS) is 11.7. The third-order valence-electron chi connectivity index (χ3n) is 3.81. The molecule has 29 heavy (non-hydrogen) atoms. The predicted molar refractivity (Wildman–Crippen MR) is 109 cm³/mol. The number of para-hydroxylation sites is 1. The van der Waals surface area contributed by atoms with E-state index < -0.39 is 4.92 Å². The van der Waals surface area contributed by atoms with Crippen molar-refractivity contribution in [3.05, 3.63) is 113 Å². The maximum atomic E-state index is 10.2. The number of hydrogen-bond acceptors (Lipinski definition) is 6. The van der Waals surface area contributed by atoms with Gasteiger partial charge in [-0.1, -0.05) is 47.5 Å². The van der Waals surface area contributed by atoms with E-state index in [1.54, 1.807) is 49.4 Å². The summed E-state index contributed by atoms with van der Waals surface area (Å²) in [6, 6.07) is 13.1. The Morgan fingerprint density at radius 2 is 1.31 bits per heavy atom. The highest BCUT2D eigenvalue weighted by molar-refractivity contribution is 5.38. The van der Waals surface area contributed by atoms with E-state index in [1.807, 2.05) is 13.8 Å². The smallest absolute Gasteiger partial charge is 0.259 e. The zero-order chi connectivity index (χ0) is 22.0. The molecule has 9 heteroatoms. The number of hydrogen-bond donors (Lipinski definition) is 0. The van der Waals surface area contributed by atoms with Gasteiger partial charge in [0.05, 0.1) is 21.2 Å². The number of benzene rings is 2. The van der Waals surface area contributed by atoms with Crippen LogP contribution in [0.5, 0.6) is 0 Å². The van der Waals surface area contributed by atoms with Gasteiger partial charge in [-0.05, 0) is 20.8 Å². The van der Waals surface area contributed by atoms with E-state index in [4.69, 9.17) is 0 Å². The average Bonchev–Trinajstić information content (AvgIpc) is 3.10. The number of aryl methyl sites for hydroxylation is 2. The summed E-state index contributed by atoms with van der Waals surface area (Å²) in [5.74, 6) is 0. The zero-order valence-corrected chi connectivity index (χ0v) is 16.3. The highest BCUT2D eigenvalue weighted by Crippen LogP contribution is 2.17. The fourth-order valence-electron chi connectivity index (χ4n) is 2.20. The first-order valence-electron chi connectivity index (χ1n) is 8.53. The Kier molecular flexibility index (Phi) is 8.84. The van der Waals surface area contributed by atoms with Gasteiger partial charge in [0.2, 0.25) is 5.70 Å². The molecule has 0 N–H and O–H groups in total. The van der Waals surface area contributed by atoms with Crippen molar-refractivity contribution in [1.82, 2.24) is 0 Å². The second-order valence-electron chi connectivity index (χ2n) is 6.24. The van der Waals surface area contributed by atoms with Crippen molar-refractivity contribution in [1.29, 1.82) is 0 Å². The molecule has 0 unspecified atom stereocenters. The molecule has 0 spiro atoms. The van der Waals surface area contributed by atoms with Gasteiger partial charge < -0.3 is 0 Å². The number of allylic oxidation sites excluding steroid dienone is 3. The van der Waals surface area contributed by atoms with E-state index in [9.17, 15) is 30.3 Å². The van der Waals surface area contributed by atoms with Gasteiger partial charge in [-0.15, -0.1) is 0 Å². The second-order valence-corrected chi connectivity index (χ2v) is 6.24. The SMILES string of the molecule is CC1=CC=C([N+](=O)[O-])C1.Cc1ccc([N+](=O)[O-])cc1.Cc1ccccc1[N+](=O)[O-]. The van der Waals surface area contributed by atoms with Crippen LogP contribution in [-0.2, 0) is 0 Å². The van der Waals surface area contributed by atoms with Crippen molar-refractivity contribution >= 4 is 11.4 Å². The van der Waals surface area contributed by atoms with E-state index in [1.165, 1.54) is 18.2 Å². The monoisotopic (exact) mass is 399 g/mol. The molecule has 0 fully saturated rings. The van der Waals surface area contributed by atoms with Gasteiger partial charge in [-0.3, -0.25) is 30.3 Å². The third kappa shape index (κ3) is 8.12. The first-order valence-corrected chi connectivity index (χ1v) is 8.53. The molecule has 0 aromatic heterocycles. The molecular weight excluding hydrogens is 378 g/mol. The molecule has 2 aromatic carbocycles. The van der Waals surface area contributed by atoms with Crippen molar-refractivity contribution in [3.8, 4) is 0 Å². The average molecular weight is 399 g/mol. The van der Waals surface area contributed by atoms with Crippen LogP contribution in [0.1, 0.15) is 24.5 Å². The Labute approximate surface area is 167 Å². The fourth-order valence-corrected chi connectivity index (χ4v) is 2.20. The molecule has 1 aliphatic rings. The molecular formula is C20H21N3O6. The maximum absolute atomic E-state index is 10.2. The van der Waals surface area contributed by atoms with E-state index in [0.717, 1.165) is 11.1 Å². The predicted octanol–water partition coefficient (Wildman–Crippen LogP) is 5.30. The Hall–Kier alpha value is -3.88. The van der Waals surface area contributed by atoms with Gasteiger partial charge in [0.1, 0.15) is 0 Å². The standard InChI is InChI=1S/2C7H7NO2.C6H7NO2/c1-6-2-4-7(5-3-6)8(9)10;1-6-4-2-3-5-7(6)8(9)10;1-5-2-3-6(4-5)7(8)9/h2*2-5H,1H3;2-3H,4H2,1H3. The lowest BCUT2D eigenvalue weighted by atomic mass is 10.2. The Morgan fingerprint density at radius 3 is 1.66 bits per heavy atom. The minimum atomic E-state index is -0.403. The summed E-state index contributed by atoms with van der Waals surface area (Å²) in [7, 11) is 0. The molecule has 0 bridgehead atoms. The van der Waals surface area contributed by atoms with E-state index >= 15 is 0 Å². The molecule has 0 saturated carbocycles. The van der Waals surface area contributed by atoms with Gasteiger partial charge in [0.25, 0.3) is 11.4 Å². The summed E-state index contributed by atoms with van der Waals surface area (Å²) >= 11 is 0. The van der Waals surface area contributed by atoms with Crippen LogP contribution in [-0.4, -0.2) is 14.8 Å². The molecule has 3 rings (SSSR count). The Bertz CT molecular complexity index is 949. The fraction of sp³-hybridized carbons (Fsp3) is 0.200. The topological polar surface area (TPSA) is 129 Å². The summed E-state index contributed by atoms with van der Waals surface area (Å²) in [6.07, 6.45) is 3.83. The minimum absolute atomic E-state index is 0.144. The lowest BCUT2D eigenvalue weighted by Gasteiger charge is -1.92. The molecule has 0 heterocycles. The summed E-state index contributed by atoms with van der Waals surface area (Å²) in [4.78, 5) is 29.3. The lowest BCUT2D eigenvalue weighted by Crippen LogP contribution is -1.94. The third-order valence-corrected chi connectivity index (χ3v) is 3.81. The van der Waals surface area contributed by atoms with Crippen LogP contribution >= 0.6 is 0 Å². The van der Waals surface area contributed by atoms with Crippen LogP contribution in [0.15, 0.2) is 72.0 Å². The van der Waals surface area contributed by atoms with Crippen molar-refractivity contribution in [3.63, 3.8) is 0 Å². The van der Waals surface area contributed by atoms with Gasteiger partial charge >= 0.3 is 0 Å². The summed E-state index contributed by atoms with van der Waals surface area (Å²) in [5.41, 5.74) is 3.42. The molecule has 0 amide bonds. The first kappa shape index (κ1) is 23.2. The largest absolute Gasteiger partial charge is 0.272 e. The number of nitro benzene ring substituents is 2. The van der Waals surface area contributed by atoms with Crippen molar-refractivity contribution in [2.75, 3.05) is 0 Å². The van der Waals surface area contributed by atoms with Crippen LogP contribution in [0.2, 0.25) is 0 Å². The van der Waals surface area contributed by atoms with Crippen molar-refractivity contribution < 1.29 is 14.8 Å². The van der Waals surface area contributed by atoms with Gasteiger partial charge in [-0.25, -0.2) is 0 Å². The van der Waals surface area contributed by atoms with Crippen LogP contribution in [0.4, 0.5) is 11.4 Å². The number of nitrogens with zero attached hydrogens (tertiary/aromatic N) is 3. The quantitative estimate of drug-likeness (QED) is 0.508. The van der Waals surface area contributed by atoms with Crippen molar-refractivity contribution in [2.45, 2.75) is 27.2 Å². The van der Waals surface area contributed by atoms with Crippen LogP contribution in [0, 0.1) is 44.2 Å². The van der Waals surface area contributed by atoms with Gasteiger partial charge in [0, 0.05) is 29.8 Å². The minimum Gasteiger partial charge on any atom is -0.259 e. The number of non-ortho nitro benzene ring substituents is 1. The molecule has 0 radical (unpaired) electrons. The van der Waals surface area contributed by atoms with E-state index in [0.29, 0.717) is 17.7 Å². The first-order chi connectivity index (χ1) is 13.6. The molecule has 1 aliphatic carbocycles.